The van der Waals surface area contributed by atoms with Crippen molar-refractivity contribution in [3.05, 3.63) is 77.6 Å². The van der Waals surface area contributed by atoms with E-state index in [4.69, 9.17) is 0 Å². The fraction of sp³-hybridized carbons (Fsp3) is 0.0952. The summed E-state index contributed by atoms with van der Waals surface area (Å²) in [6, 6.07) is 17.5. The highest BCUT2D eigenvalue weighted by Crippen LogP contribution is 2.29. The normalized spacial score (nSPS) is 15.7. The van der Waals surface area contributed by atoms with Gasteiger partial charge in [0.25, 0.3) is 5.91 Å². The monoisotopic (exact) mass is 378 g/mol. The number of halogens is 1. The molecule has 3 aromatic rings. The number of carbonyl (C=O) groups excluding carboxylic acids is 2. The smallest absolute Gasteiger partial charge is 0.273 e. The Kier molecular flexibility index (Phi) is 4.49. The van der Waals surface area contributed by atoms with E-state index in [1.807, 2.05) is 30.3 Å². The molecule has 6 heteroatoms. The number of nitrogens with zero attached hydrogens (tertiary/aromatic N) is 2. The molecule has 4 rings (SSSR count). The van der Waals surface area contributed by atoms with Crippen molar-refractivity contribution in [3.63, 3.8) is 0 Å². The molecule has 0 saturated carbocycles. The second-order valence-electron chi connectivity index (χ2n) is 6.18. The van der Waals surface area contributed by atoms with Gasteiger partial charge in [0.15, 0.2) is 5.17 Å². The number of carbonyl (C=O) groups is 2. The van der Waals surface area contributed by atoms with Crippen LogP contribution < -0.4 is 4.90 Å². The molecule has 1 aliphatic rings. The zero-order valence-electron chi connectivity index (χ0n) is 14.5. The van der Waals surface area contributed by atoms with Crippen molar-refractivity contribution in [2.24, 2.45) is 4.99 Å². The van der Waals surface area contributed by atoms with E-state index in [-0.39, 0.29) is 16.8 Å². The molecule has 0 bridgehead atoms. The quantitative estimate of drug-likeness (QED) is 0.657. The number of fused-ring (bicyclic) bond motifs is 1. The van der Waals surface area contributed by atoms with E-state index in [0.717, 1.165) is 10.8 Å². The molecule has 1 aliphatic heterocycles. The van der Waals surface area contributed by atoms with Gasteiger partial charge in [0.1, 0.15) is 5.82 Å². The van der Waals surface area contributed by atoms with Crippen molar-refractivity contribution in [1.82, 2.24) is 0 Å². The lowest BCUT2D eigenvalue weighted by Crippen LogP contribution is -2.30. The fourth-order valence-corrected chi connectivity index (χ4v) is 3.84. The van der Waals surface area contributed by atoms with E-state index < -0.39 is 11.7 Å². The van der Waals surface area contributed by atoms with Crippen molar-refractivity contribution in [2.75, 3.05) is 10.7 Å². The Balaban J connectivity index is 1.74. The van der Waals surface area contributed by atoms with Crippen LogP contribution in [0.3, 0.4) is 0 Å². The lowest BCUT2D eigenvalue weighted by atomic mass is 10.0. The van der Waals surface area contributed by atoms with Gasteiger partial charge in [-0.05, 0) is 41.5 Å². The Morgan fingerprint density at radius 3 is 2.70 bits per heavy atom. The van der Waals surface area contributed by atoms with Gasteiger partial charge in [-0.1, -0.05) is 54.2 Å². The number of aryl methyl sites for hydroxylation is 1. The molecule has 1 fully saturated rings. The summed E-state index contributed by atoms with van der Waals surface area (Å²) < 4.78 is 13.9. The summed E-state index contributed by atoms with van der Waals surface area (Å²) in [6.45, 7) is 1.65. The maximum atomic E-state index is 13.9. The minimum Gasteiger partial charge on any atom is -0.273 e. The van der Waals surface area contributed by atoms with E-state index in [9.17, 15) is 14.0 Å². The van der Waals surface area contributed by atoms with Crippen molar-refractivity contribution in [1.29, 1.82) is 0 Å². The van der Waals surface area contributed by atoms with Gasteiger partial charge in [-0.25, -0.2) is 4.39 Å². The number of aliphatic imine (C=N–C) groups is 1. The van der Waals surface area contributed by atoms with E-state index in [2.05, 4.69) is 4.99 Å². The van der Waals surface area contributed by atoms with Gasteiger partial charge >= 0.3 is 0 Å². The number of amides is 2. The van der Waals surface area contributed by atoms with Gasteiger partial charge in [0.2, 0.25) is 5.91 Å². The lowest BCUT2D eigenvalue weighted by molar-refractivity contribution is -0.115. The van der Waals surface area contributed by atoms with Gasteiger partial charge in [0, 0.05) is 5.56 Å². The largest absolute Gasteiger partial charge is 0.280 e. The number of rotatable bonds is 2. The van der Waals surface area contributed by atoms with E-state index in [1.54, 1.807) is 31.2 Å². The Hall–Kier alpha value is -2.99. The van der Waals surface area contributed by atoms with E-state index >= 15 is 0 Å². The lowest BCUT2D eigenvalue weighted by Gasteiger charge is -2.16. The summed E-state index contributed by atoms with van der Waals surface area (Å²) in [5.74, 6) is -0.900. The molecule has 0 N–H and O–H groups in total. The molecule has 0 aliphatic carbocycles. The fourth-order valence-electron chi connectivity index (χ4n) is 2.98. The SMILES string of the molecule is Cc1ccc(N2C(=O)CSC2=NC(=O)c2cccc3ccccc23)cc1F. The van der Waals surface area contributed by atoms with Crippen LogP contribution in [0.2, 0.25) is 0 Å². The summed E-state index contributed by atoms with van der Waals surface area (Å²) in [7, 11) is 0. The molecule has 27 heavy (non-hydrogen) atoms. The second-order valence-corrected chi connectivity index (χ2v) is 7.12. The highest BCUT2D eigenvalue weighted by atomic mass is 32.2. The molecular weight excluding hydrogens is 363 g/mol. The molecule has 0 radical (unpaired) electrons. The first kappa shape index (κ1) is 17.4. The molecule has 2 amide bonds. The van der Waals surface area contributed by atoms with Crippen LogP contribution in [0.25, 0.3) is 10.8 Å². The number of hydrogen-bond donors (Lipinski definition) is 0. The summed E-state index contributed by atoms with van der Waals surface area (Å²) in [4.78, 5) is 30.6. The Morgan fingerprint density at radius 1 is 1.11 bits per heavy atom. The predicted molar refractivity (Wildman–Crippen MR) is 107 cm³/mol. The van der Waals surface area contributed by atoms with Crippen LogP contribution in [0.1, 0.15) is 15.9 Å². The van der Waals surface area contributed by atoms with Gasteiger partial charge in [-0.3, -0.25) is 14.5 Å². The van der Waals surface area contributed by atoms with Crippen molar-refractivity contribution in [3.8, 4) is 0 Å². The maximum absolute atomic E-state index is 13.9. The summed E-state index contributed by atoms with van der Waals surface area (Å²) in [6.07, 6.45) is 0. The van der Waals surface area contributed by atoms with E-state index in [1.165, 1.54) is 22.7 Å². The van der Waals surface area contributed by atoms with Crippen molar-refractivity contribution < 1.29 is 14.0 Å². The highest BCUT2D eigenvalue weighted by Gasteiger charge is 2.31. The molecule has 0 spiro atoms. The minimum absolute atomic E-state index is 0.164. The first-order valence-corrected chi connectivity index (χ1v) is 9.36. The number of amidine groups is 1. The van der Waals surface area contributed by atoms with Crippen LogP contribution >= 0.6 is 11.8 Å². The van der Waals surface area contributed by atoms with Crippen molar-refractivity contribution >= 4 is 45.2 Å². The molecular formula is C21H15FN2O2S. The number of benzene rings is 3. The summed E-state index contributed by atoms with van der Waals surface area (Å²) in [5, 5.41) is 2.01. The number of anilines is 1. The van der Waals surface area contributed by atoms with Crippen LogP contribution in [-0.2, 0) is 4.79 Å². The zero-order chi connectivity index (χ0) is 19.0. The van der Waals surface area contributed by atoms with Gasteiger partial charge in [-0.2, -0.15) is 4.99 Å². The average molecular weight is 378 g/mol. The summed E-state index contributed by atoms with van der Waals surface area (Å²) >= 11 is 1.17. The Morgan fingerprint density at radius 2 is 1.89 bits per heavy atom. The first-order chi connectivity index (χ1) is 13.0. The average Bonchev–Trinajstić information content (AvgIpc) is 3.03. The van der Waals surface area contributed by atoms with E-state index in [0.29, 0.717) is 16.8 Å². The minimum atomic E-state index is -0.429. The topological polar surface area (TPSA) is 49.7 Å². The standard InChI is InChI=1S/C21H15FN2O2S/c1-13-9-10-15(11-18(13)22)24-19(25)12-27-21(24)23-20(26)17-8-4-6-14-5-2-3-7-16(14)17/h2-11H,12H2,1H3. The molecule has 0 atom stereocenters. The molecule has 1 saturated heterocycles. The molecule has 0 aromatic heterocycles. The van der Waals surface area contributed by atoms with Crippen LogP contribution in [0.15, 0.2) is 65.7 Å². The zero-order valence-corrected chi connectivity index (χ0v) is 15.3. The second kappa shape index (κ2) is 6.96. The third kappa shape index (κ3) is 3.24. The third-order valence-corrected chi connectivity index (χ3v) is 5.32. The van der Waals surface area contributed by atoms with Crippen LogP contribution in [0, 0.1) is 12.7 Å². The van der Waals surface area contributed by atoms with Crippen LogP contribution in [-0.4, -0.2) is 22.7 Å². The van der Waals surface area contributed by atoms with Crippen molar-refractivity contribution in [2.45, 2.75) is 6.92 Å². The number of hydrogen-bond acceptors (Lipinski definition) is 3. The van der Waals surface area contributed by atoms with Gasteiger partial charge in [-0.15, -0.1) is 0 Å². The Labute approximate surface area is 159 Å². The number of thioether (sulfide) groups is 1. The molecule has 3 aromatic carbocycles. The summed E-state index contributed by atoms with van der Waals surface area (Å²) in [5.41, 5.74) is 1.33. The molecule has 0 unspecified atom stereocenters. The maximum Gasteiger partial charge on any atom is 0.280 e. The molecule has 4 nitrogen and oxygen atoms in total. The third-order valence-electron chi connectivity index (χ3n) is 4.40. The molecule has 1 heterocycles. The van der Waals surface area contributed by atoms with Gasteiger partial charge < -0.3 is 0 Å². The van der Waals surface area contributed by atoms with Crippen LogP contribution in [0.5, 0.6) is 0 Å². The Bertz CT molecular complexity index is 1110. The highest BCUT2D eigenvalue weighted by molar-refractivity contribution is 8.15. The predicted octanol–water partition coefficient (Wildman–Crippen LogP) is 4.56. The van der Waals surface area contributed by atoms with Gasteiger partial charge in [0.05, 0.1) is 11.4 Å². The molecule has 134 valence electrons. The van der Waals surface area contributed by atoms with Crippen LogP contribution in [0.4, 0.5) is 10.1 Å². The first-order valence-electron chi connectivity index (χ1n) is 8.37.